The van der Waals surface area contributed by atoms with Crippen LogP contribution < -0.4 is 10.4 Å². The summed E-state index contributed by atoms with van der Waals surface area (Å²) in [5, 5.41) is 32.8. The van der Waals surface area contributed by atoms with Crippen LogP contribution in [0.25, 0.3) is 11.3 Å². The molecule has 2 aromatic heterocycles. The fourth-order valence-corrected chi connectivity index (χ4v) is 7.34. The minimum Gasteiger partial charge on any atom is -0.486 e. The third kappa shape index (κ3) is 2.98. The van der Waals surface area contributed by atoms with Crippen molar-refractivity contribution >= 4 is 0 Å². The Bertz CT molecular complexity index is 1120. The Morgan fingerprint density at radius 3 is 2.67 bits per heavy atom. The minimum absolute atomic E-state index is 0.0219. The fourth-order valence-electron chi connectivity index (χ4n) is 7.34. The van der Waals surface area contributed by atoms with Crippen molar-refractivity contribution < 1.29 is 24.5 Å². The summed E-state index contributed by atoms with van der Waals surface area (Å²) in [5.41, 5.74) is -1.65. The predicted molar refractivity (Wildman–Crippen MR) is 122 cm³/mol. The van der Waals surface area contributed by atoms with Gasteiger partial charge in [-0.1, -0.05) is 20.8 Å². The average Bonchev–Trinajstić information content (AvgIpc) is 2.78. The van der Waals surface area contributed by atoms with Gasteiger partial charge in [-0.2, -0.15) is 0 Å². The number of hydrogen-bond acceptors (Lipinski definition) is 7. The van der Waals surface area contributed by atoms with Crippen LogP contribution >= 0.6 is 0 Å². The number of fused-ring (bicyclic) bond motifs is 4. The number of rotatable bonds is 2. The van der Waals surface area contributed by atoms with Gasteiger partial charge in [0.15, 0.2) is 0 Å². The summed E-state index contributed by atoms with van der Waals surface area (Å²) in [6.45, 7) is 8.05. The molecule has 2 aliphatic carbocycles. The van der Waals surface area contributed by atoms with E-state index in [-0.39, 0.29) is 24.0 Å². The van der Waals surface area contributed by atoms with Crippen molar-refractivity contribution in [2.75, 3.05) is 6.61 Å². The number of aliphatic hydroxyl groups is 3. The van der Waals surface area contributed by atoms with Crippen LogP contribution in [0, 0.1) is 28.6 Å². The number of aliphatic hydroxyl groups excluding tert-OH is 3. The smallest absolute Gasteiger partial charge is 0.345 e. The van der Waals surface area contributed by atoms with Crippen LogP contribution in [0.1, 0.15) is 58.6 Å². The van der Waals surface area contributed by atoms with Crippen molar-refractivity contribution in [2.24, 2.45) is 28.6 Å². The van der Waals surface area contributed by atoms with Crippen molar-refractivity contribution in [2.45, 2.75) is 64.8 Å². The van der Waals surface area contributed by atoms with Gasteiger partial charge in [-0.15, -0.1) is 0 Å². The molecule has 0 aromatic carbocycles. The molecule has 0 saturated heterocycles. The maximum atomic E-state index is 13.1. The second kappa shape index (κ2) is 7.39. The first-order valence-electron chi connectivity index (χ1n) is 11.8. The van der Waals surface area contributed by atoms with Crippen LogP contribution in [0.5, 0.6) is 5.75 Å². The summed E-state index contributed by atoms with van der Waals surface area (Å²) in [7, 11) is 0. The van der Waals surface area contributed by atoms with E-state index < -0.39 is 40.2 Å². The van der Waals surface area contributed by atoms with Gasteiger partial charge in [0, 0.05) is 35.4 Å². The molecule has 0 bridgehead atoms. The van der Waals surface area contributed by atoms with Crippen molar-refractivity contribution in [1.82, 2.24) is 4.98 Å². The molecule has 7 nitrogen and oxygen atoms in total. The fraction of sp³-hybridized carbons (Fsp3) is 0.615. The Morgan fingerprint density at radius 2 is 2.00 bits per heavy atom. The van der Waals surface area contributed by atoms with E-state index in [2.05, 4.69) is 18.8 Å². The van der Waals surface area contributed by atoms with Crippen LogP contribution in [-0.4, -0.2) is 38.6 Å². The number of nitrogens with zero attached hydrogens (tertiary/aromatic N) is 1. The van der Waals surface area contributed by atoms with Gasteiger partial charge in [0.25, 0.3) is 0 Å². The number of hydrogen-bond donors (Lipinski definition) is 3. The normalized spacial score (nSPS) is 42.0. The summed E-state index contributed by atoms with van der Waals surface area (Å²) < 4.78 is 12.2. The highest BCUT2D eigenvalue weighted by molar-refractivity contribution is 5.59. The van der Waals surface area contributed by atoms with E-state index in [0.717, 1.165) is 6.42 Å². The maximum Gasteiger partial charge on any atom is 0.345 e. The first-order chi connectivity index (χ1) is 15.6. The van der Waals surface area contributed by atoms with Crippen molar-refractivity contribution in [3.05, 3.63) is 46.6 Å². The summed E-state index contributed by atoms with van der Waals surface area (Å²) in [4.78, 5) is 17.2. The van der Waals surface area contributed by atoms with E-state index in [9.17, 15) is 20.1 Å². The molecule has 2 aromatic rings. The zero-order valence-electron chi connectivity index (χ0n) is 19.6. The van der Waals surface area contributed by atoms with Crippen LogP contribution in [0.15, 0.2) is 39.8 Å². The summed E-state index contributed by atoms with van der Waals surface area (Å²) in [6, 6.07) is 5.25. The Labute approximate surface area is 193 Å². The molecule has 3 N–H and O–H groups in total. The zero-order chi connectivity index (χ0) is 23.8. The standard InChI is InChI=1S/C26H33NO6/c1-14-10-18-24(2,8-7-19(29)25(18,3)13-28)22-21(30)20-17(33-26(14,22)4)11-16(32-23(20)31)15-6-5-9-27-12-15/h5-6,9,11-12,14,18-19,21-22,28-30H,7-8,10,13H2,1-4H3/t14-,18?,19-,21-,22?,24-,25?,26+/m0/s1. The lowest BCUT2D eigenvalue weighted by molar-refractivity contribution is -0.248. The molecule has 5 rings (SSSR count). The lowest BCUT2D eigenvalue weighted by atomic mass is 9.41. The second-order valence-corrected chi connectivity index (χ2v) is 11.0. The molecule has 0 radical (unpaired) electrons. The third-order valence-corrected chi connectivity index (χ3v) is 9.38. The predicted octanol–water partition coefficient (Wildman–Crippen LogP) is 3.32. The first-order valence-corrected chi connectivity index (χ1v) is 11.8. The molecule has 2 saturated carbocycles. The molecule has 3 unspecified atom stereocenters. The SMILES string of the molecule is C[C@H]1CC2C(C)(CO)[C@@H](O)CC[C@]2(C)C2[C@@H](O)c3c(cc(-c4cccnc4)oc3=O)O[C@@]21C. The van der Waals surface area contributed by atoms with E-state index in [1.54, 1.807) is 30.6 Å². The maximum absolute atomic E-state index is 13.1. The van der Waals surface area contributed by atoms with Crippen LogP contribution in [0.2, 0.25) is 0 Å². The molecule has 2 fully saturated rings. The number of ether oxygens (including phenoxy) is 1. The molecular formula is C26H33NO6. The molecule has 1 aliphatic heterocycles. The van der Waals surface area contributed by atoms with Gasteiger partial charge in [-0.05, 0) is 55.6 Å². The van der Waals surface area contributed by atoms with Crippen molar-refractivity contribution in [1.29, 1.82) is 0 Å². The van der Waals surface area contributed by atoms with Gasteiger partial charge in [-0.3, -0.25) is 4.98 Å². The summed E-state index contributed by atoms with van der Waals surface area (Å²) >= 11 is 0. The minimum atomic E-state index is -1.08. The van der Waals surface area contributed by atoms with E-state index in [1.165, 1.54) is 0 Å². The monoisotopic (exact) mass is 455 g/mol. The molecule has 3 aliphatic rings. The summed E-state index contributed by atoms with van der Waals surface area (Å²) in [6.07, 6.45) is 3.52. The largest absolute Gasteiger partial charge is 0.486 e. The van der Waals surface area contributed by atoms with Crippen LogP contribution in [-0.2, 0) is 0 Å². The first kappa shape index (κ1) is 22.6. The molecule has 33 heavy (non-hydrogen) atoms. The quantitative estimate of drug-likeness (QED) is 0.637. The lowest BCUT2D eigenvalue weighted by Gasteiger charge is -2.66. The van der Waals surface area contributed by atoms with Crippen LogP contribution in [0.4, 0.5) is 0 Å². The van der Waals surface area contributed by atoms with Gasteiger partial charge in [-0.25, -0.2) is 4.79 Å². The zero-order valence-corrected chi connectivity index (χ0v) is 19.6. The van der Waals surface area contributed by atoms with E-state index in [4.69, 9.17) is 9.15 Å². The average molecular weight is 456 g/mol. The molecule has 0 amide bonds. The molecule has 0 spiro atoms. The van der Waals surface area contributed by atoms with Crippen molar-refractivity contribution in [3.8, 4) is 17.1 Å². The number of pyridine rings is 1. The Kier molecular flexibility index (Phi) is 5.05. The van der Waals surface area contributed by atoms with E-state index in [1.807, 2.05) is 13.8 Å². The molecule has 8 atom stereocenters. The van der Waals surface area contributed by atoms with Crippen molar-refractivity contribution in [3.63, 3.8) is 0 Å². The van der Waals surface area contributed by atoms with Gasteiger partial charge in [0.05, 0.1) is 18.8 Å². The second-order valence-electron chi connectivity index (χ2n) is 11.0. The molecule has 7 heteroatoms. The number of aromatic nitrogens is 1. The third-order valence-electron chi connectivity index (χ3n) is 9.38. The topological polar surface area (TPSA) is 113 Å². The highest BCUT2D eigenvalue weighted by atomic mass is 16.5. The van der Waals surface area contributed by atoms with Crippen LogP contribution in [0.3, 0.4) is 0 Å². The Morgan fingerprint density at radius 1 is 1.24 bits per heavy atom. The summed E-state index contributed by atoms with van der Waals surface area (Å²) in [5.74, 6) is 0.298. The Balaban J connectivity index is 1.65. The Hall–Kier alpha value is -2.22. The van der Waals surface area contributed by atoms with Gasteiger partial charge >= 0.3 is 5.63 Å². The van der Waals surface area contributed by atoms with Gasteiger partial charge < -0.3 is 24.5 Å². The highest BCUT2D eigenvalue weighted by Crippen LogP contribution is 2.67. The van der Waals surface area contributed by atoms with Gasteiger partial charge in [0.2, 0.25) is 0 Å². The van der Waals surface area contributed by atoms with Gasteiger partial charge in [0.1, 0.15) is 22.7 Å². The van der Waals surface area contributed by atoms with E-state index >= 15 is 0 Å². The molecule has 178 valence electrons. The lowest BCUT2D eigenvalue weighted by Crippen LogP contribution is -2.68. The van der Waals surface area contributed by atoms with E-state index in [0.29, 0.717) is 29.9 Å². The molecule has 3 heterocycles. The highest BCUT2D eigenvalue weighted by Gasteiger charge is 2.68. The molecular weight excluding hydrogens is 422 g/mol.